The summed E-state index contributed by atoms with van der Waals surface area (Å²) in [4.78, 5) is 12.7. The maximum Gasteiger partial charge on any atom is 0.204 e. The highest BCUT2D eigenvalue weighted by atomic mass is 35.5. The van der Waals surface area contributed by atoms with E-state index in [-0.39, 0.29) is 16.4 Å². The molecule has 0 atom stereocenters. The van der Waals surface area contributed by atoms with Gasteiger partial charge in [-0.1, -0.05) is 11.6 Å². The molecule has 1 aromatic carbocycles. The van der Waals surface area contributed by atoms with Crippen molar-refractivity contribution in [2.24, 2.45) is 0 Å². The van der Waals surface area contributed by atoms with Gasteiger partial charge >= 0.3 is 0 Å². The van der Waals surface area contributed by atoms with Crippen LogP contribution in [0.2, 0.25) is 5.02 Å². The van der Waals surface area contributed by atoms with Crippen LogP contribution in [0.1, 0.15) is 20.8 Å². The molecule has 0 saturated carbocycles. The molecule has 2 aromatic rings. The molecule has 0 bridgehead atoms. The van der Waals surface area contributed by atoms with Gasteiger partial charge < -0.3 is 0 Å². The summed E-state index contributed by atoms with van der Waals surface area (Å²) in [6.45, 7) is 1.84. The van der Waals surface area contributed by atoms with Crippen LogP contribution >= 0.6 is 22.9 Å². The van der Waals surface area contributed by atoms with Crippen molar-refractivity contribution in [2.45, 2.75) is 6.92 Å². The maximum atomic E-state index is 13.0. The van der Waals surface area contributed by atoms with Gasteiger partial charge in [0, 0.05) is 5.56 Å². The summed E-state index contributed by atoms with van der Waals surface area (Å²) in [5, 5.41) is 2.11. The summed E-state index contributed by atoms with van der Waals surface area (Å²) < 4.78 is 13.0. The Hall–Kier alpha value is -1.19. The first-order chi connectivity index (χ1) is 7.59. The Morgan fingerprint density at radius 2 is 2.12 bits per heavy atom. The fraction of sp³-hybridized carbons (Fsp3) is 0.0833. The Bertz CT molecular complexity index is 548. The Kier molecular flexibility index (Phi) is 3.08. The molecule has 0 unspecified atom stereocenters. The lowest BCUT2D eigenvalue weighted by atomic mass is 10.1. The van der Waals surface area contributed by atoms with Gasteiger partial charge in [0.05, 0.1) is 9.90 Å². The Morgan fingerprint density at radius 3 is 2.75 bits per heavy atom. The lowest BCUT2D eigenvalue weighted by molar-refractivity contribution is 0.104. The lowest BCUT2D eigenvalue weighted by Crippen LogP contribution is -2.02. The first-order valence-electron chi connectivity index (χ1n) is 4.63. The lowest BCUT2D eigenvalue weighted by Gasteiger charge is -2.02. The predicted molar refractivity (Wildman–Crippen MR) is 63.9 cm³/mol. The van der Waals surface area contributed by atoms with Crippen LogP contribution in [0.5, 0.6) is 0 Å². The first-order valence-corrected chi connectivity index (χ1v) is 5.89. The number of benzene rings is 1. The van der Waals surface area contributed by atoms with Gasteiger partial charge in [-0.2, -0.15) is 0 Å². The summed E-state index contributed by atoms with van der Waals surface area (Å²) >= 11 is 7.21. The highest BCUT2D eigenvalue weighted by molar-refractivity contribution is 7.12. The fourth-order valence-electron chi connectivity index (χ4n) is 1.40. The number of thiophene rings is 1. The van der Waals surface area contributed by atoms with Gasteiger partial charge in [0.2, 0.25) is 5.78 Å². The minimum atomic E-state index is -0.457. The average Bonchev–Trinajstić information content (AvgIpc) is 2.67. The smallest absolute Gasteiger partial charge is 0.204 e. The second kappa shape index (κ2) is 4.36. The van der Waals surface area contributed by atoms with E-state index in [0.29, 0.717) is 4.88 Å². The molecule has 1 aromatic heterocycles. The summed E-state index contributed by atoms with van der Waals surface area (Å²) in [6, 6.07) is 5.66. The number of ketones is 1. The molecule has 16 heavy (non-hydrogen) atoms. The quantitative estimate of drug-likeness (QED) is 0.738. The summed E-state index contributed by atoms with van der Waals surface area (Å²) in [5.41, 5.74) is 1.10. The van der Waals surface area contributed by atoms with Crippen molar-refractivity contribution >= 4 is 28.7 Å². The Labute approximate surface area is 101 Å². The molecular formula is C12H8ClFOS. The van der Waals surface area contributed by atoms with E-state index >= 15 is 0 Å². The molecule has 0 N–H and O–H groups in total. The average molecular weight is 255 g/mol. The molecule has 82 valence electrons. The minimum absolute atomic E-state index is 0.215. The minimum Gasteiger partial charge on any atom is -0.288 e. The van der Waals surface area contributed by atoms with Crippen LogP contribution in [0.25, 0.3) is 0 Å². The van der Waals surface area contributed by atoms with Crippen LogP contribution in [0.4, 0.5) is 4.39 Å². The van der Waals surface area contributed by atoms with Crippen molar-refractivity contribution in [1.29, 1.82) is 0 Å². The molecule has 2 rings (SSSR count). The van der Waals surface area contributed by atoms with Crippen LogP contribution in [-0.2, 0) is 0 Å². The third-order valence-electron chi connectivity index (χ3n) is 2.24. The molecule has 0 spiro atoms. The number of carbonyl (C=O) groups is 1. The Morgan fingerprint density at radius 1 is 1.38 bits per heavy atom. The summed E-state index contributed by atoms with van der Waals surface area (Å²) in [6.07, 6.45) is 0. The second-order valence-electron chi connectivity index (χ2n) is 3.39. The number of halogens is 2. The zero-order valence-electron chi connectivity index (χ0n) is 8.46. The number of carbonyl (C=O) groups excluding carboxylic acids is 1. The van der Waals surface area contributed by atoms with Crippen molar-refractivity contribution in [3.63, 3.8) is 0 Å². The van der Waals surface area contributed by atoms with Crippen molar-refractivity contribution in [3.8, 4) is 0 Å². The van der Waals surface area contributed by atoms with Gasteiger partial charge in [-0.15, -0.1) is 11.3 Å². The Balaban J connectivity index is 2.49. The van der Waals surface area contributed by atoms with Crippen LogP contribution in [-0.4, -0.2) is 5.78 Å². The van der Waals surface area contributed by atoms with Gasteiger partial charge in [0.15, 0.2) is 0 Å². The largest absolute Gasteiger partial charge is 0.288 e. The van der Waals surface area contributed by atoms with Crippen molar-refractivity contribution in [3.05, 3.63) is 56.5 Å². The van der Waals surface area contributed by atoms with E-state index in [2.05, 4.69) is 0 Å². The van der Waals surface area contributed by atoms with E-state index in [1.807, 2.05) is 18.4 Å². The van der Waals surface area contributed by atoms with Gasteiger partial charge in [-0.05, 0) is 42.1 Å². The standard InChI is InChI=1S/C12H8ClFOS/c1-7-4-5-16-12(7)11(15)9-6-8(14)2-3-10(9)13/h2-6H,1H3. The summed E-state index contributed by atoms with van der Waals surface area (Å²) in [7, 11) is 0. The molecule has 0 aliphatic heterocycles. The normalized spacial score (nSPS) is 10.4. The molecule has 0 saturated heterocycles. The van der Waals surface area contributed by atoms with Gasteiger partial charge in [-0.3, -0.25) is 4.79 Å². The monoisotopic (exact) mass is 254 g/mol. The molecule has 4 heteroatoms. The molecular weight excluding hydrogens is 247 g/mol. The number of hydrogen-bond acceptors (Lipinski definition) is 2. The zero-order valence-corrected chi connectivity index (χ0v) is 10.0. The van der Waals surface area contributed by atoms with E-state index in [4.69, 9.17) is 11.6 Å². The summed E-state index contributed by atoms with van der Waals surface area (Å²) in [5.74, 6) is -0.682. The van der Waals surface area contributed by atoms with Crippen molar-refractivity contribution in [1.82, 2.24) is 0 Å². The first kappa shape index (κ1) is 11.3. The third kappa shape index (κ3) is 2.01. The van der Waals surface area contributed by atoms with Crippen molar-refractivity contribution in [2.75, 3.05) is 0 Å². The van der Waals surface area contributed by atoms with Crippen molar-refractivity contribution < 1.29 is 9.18 Å². The molecule has 0 radical (unpaired) electrons. The number of hydrogen-bond donors (Lipinski definition) is 0. The predicted octanol–water partition coefficient (Wildman–Crippen LogP) is 4.08. The van der Waals surface area contributed by atoms with Crippen LogP contribution in [0.3, 0.4) is 0 Å². The number of rotatable bonds is 2. The molecule has 1 heterocycles. The topological polar surface area (TPSA) is 17.1 Å². The SMILES string of the molecule is Cc1ccsc1C(=O)c1cc(F)ccc1Cl. The van der Waals surface area contributed by atoms with Gasteiger partial charge in [0.1, 0.15) is 5.82 Å². The zero-order chi connectivity index (χ0) is 11.7. The highest BCUT2D eigenvalue weighted by Gasteiger charge is 2.16. The van der Waals surface area contributed by atoms with E-state index in [9.17, 15) is 9.18 Å². The van der Waals surface area contributed by atoms with Crippen LogP contribution < -0.4 is 0 Å². The molecule has 0 aliphatic carbocycles. The third-order valence-corrected chi connectivity index (χ3v) is 3.59. The van der Waals surface area contributed by atoms with Crippen LogP contribution in [0, 0.1) is 12.7 Å². The van der Waals surface area contributed by atoms with Gasteiger partial charge in [0.25, 0.3) is 0 Å². The molecule has 0 aliphatic rings. The fourth-order valence-corrected chi connectivity index (χ4v) is 2.48. The molecule has 1 nitrogen and oxygen atoms in total. The van der Waals surface area contributed by atoms with E-state index in [0.717, 1.165) is 5.56 Å². The number of aryl methyl sites for hydroxylation is 1. The molecule has 0 amide bonds. The second-order valence-corrected chi connectivity index (χ2v) is 4.71. The van der Waals surface area contributed by atoms with Gasteiger partial charge in [-0.25, -0.2) is 4.39 Å². The maximum absolute atomic E-state index is 13.0. The van der Waals surface area contributed by atoms with E-state index < -0.39 is 5.82 Å². The van der Waals surface area contributed by atoms with E-state index in [1.165, 1.54) is 29.5 Å². The highest BCUT2D eigenvalue weighted by Crippen LogP contribution is 2.25. The van der Waals surface area contributed by atoms with Crippen LogP contribution in [0.15, 0.2) is 29.6 Å². The van der Waals surface area contributed by atoms with E-state index in [1.54, 1.807) is 0 Å². The molecule has 0 fully saturated rings.